The Kier molecular flexibility index (Phi) is 3.49. The summed E-state index contributed by atoms with van der Waals surface area (Å²) in [4.78, 5) is 11.1. The summed E-state index contributed by atoms with van der Waals surface area (Å²) < 4.78 is 1.74. The highest BCUT2D eigenvalue weighted by molar-refractivity contribution is 5.86. The lowest BCUT2D eigenvalue weighted by atomic mass is 10.1. The summed E-state index contributed by atoms with van der Waals surface area (Å²) in [6, 6.07) is 14.0. The Hall–Kier alpha value is -3.98. The highest BCUT2D eigenvalue weighted by atomic mass is 15.3. The number of H-pyrrole nitrogens is 2. The maximum absolute atomic E-state index is 6.41. The molecule has 0 fully saturated rings. The first-order chi connectivity index (χ1) is 13.6. The minimum Gasteiger partial charge on any atom is -0.383 e. The molecule has 0 saturated heterocycles. The molecule has 0 amide bonds. The van der Waals surface area contributed by atoms with Crippen molar-refractivity contribution in [2.75, 3.05) is 5.73 Å². The van der Waals surface area contributed by atoms with Crippen LogP contribution in [0.4, 0.5) is 5.82 Å². The van der Waals surface area contributed by atoms with Crippen molar-refractivity contribution in [3.8, 4) is 18.0 Å². The number of nitrogens with two attached hydrogens (primary N) is 1. The zero-order valence-corrected chi connectivity index (χ0v) is 15.3. The number of rotatable bonds is 3. The summed E-state index contributed by atoms with van der Waals surface area (Å²) in [6.45, 7) is 1.94. The van der Waals surface area contributed by atoms with Gasteiger partial charge in [-0.05, 0) is 43.3 Å². The number of benzene rings is 2. The van der Waals surface area contributed by atoms with Crippen molar-refractivity contribution in [3.05, 3.63) is 71.3 Å². The summed E-state index contributed by atoms with van der Waals surface area (Å²) >= 11 is 0. The number of terminal acetylenes is 1. The molecule has 6 nitrogen and oxygen atoms in total. The molecule has 0 spiro atoms. The lowest BCUT2D eigenvalue weighted by Gasteiger charge is -2.05. The van der Waals surface area contributed by atoms with Crippen molar-refractivity contribution >= 4 is 27.8 Å². The summed E-state index contributed by atoms with van der Waals surface area (Å²) in [5.74, 6) is 4.23. The predicted octanol–water partition coefficient (Wildman–Crippen LogP) is 3.69. The van der Waals surface area contributed by atoms with E-state index in [2.05, 4.69) is 32.0 Å². The third kappa shape index (κ3) is 2.53. The molecule has 0 aliphatic heterocycles. The molecule has 0 radical (unpaired) electrons. The van der Waals surface area contributed by atoms with Gasteiger partial charge in [-0.15, -0.1) is 6.42 Å². The quantitative estimate of drug-likeness (QED) is 0.426. The number of nitrogen functional groups attached to an aromatic ring is 1. The van der Waals surface area contributed by atoms with Gasteiger partial charge in [-0.2, -0.15) is 5.10 Å². The van der Waals surface area contributed by atoms with Crippen molar-refractivity contribution in [3.63, 3.8) is 0 Å². The number of anilines is 1. The minimum absolute atomic E-state index is 0.613. The Morgan fingerprint density at radius 3 is 2.89 bits per heavy atom. The molecule has 3 aromatic heterocycles. The fourth-order valence-corrected chi connectivity index (χ4v) is 3.63. The molecule has 6 heteroatoms. The van der Waals surface area contributed by atoms with Crippen LogP contribution in [0.15, 0.2) is 48.7 Å². The summed E-state index contributed by atoms with van der Waals surface area (Å²) in [7, 11) is 0. The number of nitrogens with zero attached hydrogens (tertiary/aromatic N) is 3. The van der Waals surface area contributed by atoms with Crippen molar-refractivity contribution in [1.82, 2.24) is 24.7 Å². The molecule has 28 heavy (non-hydrogen) atoms. The molecular formula is C22H18N6. The van der Waals surface area contributed by atoms with Crippen molar-refractivity contribution in [2.45, 2.75) is 13.3 Å². The van der Waals surface area contributed by atoms with E-state index in [0.717, 1.165) is 50.3 Å². The lowest BCUT2D eigenvalue weighted by Crippen LogP contribution is -2.03. The van der Waals surface area contributed by atoms with E-state index in [1.54, 1.807) is 4.68 Å². The molecule has 0 aliphatic carbocycles. The Labute approximate surface area is 161 Å². The normalized spacial score (nSPS) is 11.3. The summed E-state index contributed by atoms with van der Waals surface area (Å²) in [6.07, 6.45) is 8.06. The largest absolute Gasteiger partial charge is 0.383 e. The van der Waals surface area contributed by atoms with Gasteiger partial charge in [0.2, 0.25) is 0 Å². The van der Waals surface area contributed by atoms with E-state index < -0.39 is 0 Å². The molecule has 0 bridgehead atoms. The molecule has 5 rings (SSSR count). The third-order valence-corrected chi connectivity index (χ3v) is 4.97. The first-order valence-corrected chi connectivity index (χ1v) is 8.99. The summed E-state index contributed by atoms with van der Waals surface area (Å²) in [5, 5.41) is 5.54. The van der Waals surface area contributed by atoms with Gasteiger partial charge in [-0.25, -0.2) is 9.67 Å². The number of nitrogens with one attached hydrogen (secondary N) is 2. The number of aromatic nitrogens is 5. The SMILES string of the molecule is C#Cc1cccc2[nH]c(Cc3cnn(-c4ccc5[nH]c(C)nc5c4)c3N)cc12. The van der Waals surface area contributed by atoms with E-state index in [-0.39, 0.29) is 0 Å². The molecule has 3 heterocycles. The Balaban J connectivity index is 1.50. The highest BCUT2D eigenvalue weighted by Crippen LogP contribution is 2.25. The minimum atomic E-state index is 0.613. The molecule has 5 aromatic rings. The van der Waals surface area contributed by atoms with Crippen LogP contribution in [0.5, 0.6) is 0 Å². The van der Waals surface area contributed by atoms with Crippen LogP contribution in [-0.4, -0.2) is 24.7 Å². The second-order valence-corrected chi connectivity index (χ2v) is 6.87. The van der Waals surface area contributed by atoms with Crippen LogP contribution in [0, 0.1) is 19.3 Å². The first kappa shape index (κ1) is 16.2. The second-order valence-electron chi connectivity index (χ2n) is 6.87. The maximum Gasteiger partial charge on any atom is 0.130 e. The molecular weight excluding hydrogens is 348 g/mol. The van der Waals surface area contributed by atoms with Gasteiger partial charge in [0.25, 0.3) is 0 Å². The van der Waals surface area contributed by atoms with Crippen LogP contribution in [-0.2, 0) is 6.42 Å². The standard InChI is InChI=1S/C22H18N6/c1-3-14-5-4-6-19-18(14)10-16(27-19)9-15-12-24-28(22(15)23)17-7-8-20-21(11-17)26-13(2)25-20/h1,4-8,10-12,27H,9,23H2,2H3,(H,25,26). The van der Waals surface area contributed by atoms with Crippen LogP contribution in [0.2, 0.25) is 0 Å². The zero-order chi connectivity index (χ0) is 19.3. The number of hydrogen-bond acceptors (Lipinski definition) is 3. The van der Waals surface area contributed by atoms with Crippen LogP contribution in [0.25, 0.3) is 27.6 Å². The fourth-order valence-electron chi connectivity index (χ4n) is 3.63. The van der Waals surface area contributed by atoms with Gasteiger partial charge in [-0.1, -0.05) is 12.0 Å². The van der Waals surface area contributed by atoms with Gasteiger partial charge in [-0.3, -0.25) is 0 Å². The smallest absolute Gasteiger partial charge is 0.130 e. The van der Waals surface area contributed by atoms with E-state index in [9.17, 15) is 0 Å². The van der Waals surface area contributed by atoms with Crippen molar-refractivity contribution in [1.29, 1.82) is 0 Å². The predicted molar refractivity (Wildman–Crippen MR) is 111 cm³/mol. The monoisotopic (exact) mass is 366 g/mol. The molecule has 0 aliphatic rings. The number of imidazole rings is 1. The number of hydrogen-bond donors (Lipinski definition) is 3. The molecule has 0 atom stereocenters. The Bertz CT molecular complexity index is 1380. The van der Waals surface area contributed by atoms with Crippen LogP contribution < -0.4 is 5.73 Å². The van der Waals surface area contributed by atoms with Crippen molar-refractivity contribution < 1.29 is 0 Å². The number of aromatic amines is 2. The molecule has 2 aromatic carbocycles. The summed E-state index contributed by atoms with van der Waals surface area (Å²) in [5.41, 5.74) is 13.1. The van der Waals surface area contributed by atoms with Crippen LogP contribution >= 0.6 is 0 Å². The van der Waals surface area contributed by atoms with Gasteiger partial charge in [0.15, 0.2) is 0 Å². The zero-order valence-electron chi connectivity index (χ0n) is 15.3. The van der Waals surface area contributed by atoms with Crippen LogP contribution in [0.1, 0.15) is 22.6 Å². The average Bonchev–Trinajstić information content (AvgIpc) is 3.37. The number of aryl methyl sites for hydroxylation is 1. The Morgan fingerprint density at radius 2 is 2.04 bits per heavy atom. The van der Waals surface area contributed by atoms with Gasteiger partial charge in [0.05, 0.1) is 22.9 Å². The average molecular weight is 366 g/mol. The van der Waals surface area contributed by atoms with E-state index in [1.807, 2.05) is 49.5 Å². The van der Waals surface area contributed by atoms with E-state index >= 15 is 0 Å². The molecule has 4 N–H and O–H groups in total. The van der Waals surface area contributed by atoms with Crippen molar-refractivity contribution in [2.24, 2.45) is 0 Å². The van der Waals surface area contributed by atoms with E-state index in [1.165, 1.54) is 0 Å². The number of fused-ring (bicyclic) bond motifs is 2. The molecule has 0 saturated carbocycles. The van der Waals surface area contributed by atoms with Gasteiger partial charge >= 0.3 is 0 Å². The molecule has 136 valence electrons. The maximum atomic E-state index is 6.41. The van der Waals surface area contributed by atoms with Crippen LogP contribution in [0.3, 0.4) is 0 Å². The van der Waals surface area contributed by atoms with Gasteiger partial charge < -0.3 is 15.7 Å². The van der Waals surface area contributed by atoms with Gasteiger partial charge in [0.1, 0.15) is 11.6 Å². The third-order valence-electron chi connectivity index (χ3n) is 4.97. The second kappa shape index (κ2) is 6.03. The van der Waals surface area contributed by atoms with E-state index in [0.29, 0.717) is 12.2 Å². The van der Waals surface area contributed by atoms with E-state index in [4.69, 9.17) is 12.2 Å². The fraction of sp³-hybridized carbons (Fsp3) is 0.0909. The lowest BCUT2D eigenvalue weighted by molar-refractivity contribution is 0.892. The Morgan fingerprint density at radius 1 is 1.14 bits per heavy atom. The molecule has 0 unspecified atom stereocenters. The van der Waals surface area contributed by atoms with Gasteiger partial charge in [0, 0.05) is 34.1 Å². The highest BCUT2D eigenvalue weighted by Gasteiger charge is 2.13. The topological polar surface area (TPSA) is 88.3 Å². The first-order valence-electron chi connectivity index (χ1n) is 8.99.